The minimum Gasteiger partial charge on any atom is -0.376 e. The molecule has 0 amide bonds. The summed E-state index contributed by atoms with van der Waals surface area (Å²) in [5.74, 6) is 1.03. The van der Waals surface area contributed by atoms with Crippen molar-refractivity contribution in [3.63, 3.8) is 0 Å². The van der Waals surface area contributed by atoms with E-state index in [0.717, 1.165) is 36.7 Å². The topological polar surface area (TPSA) is 113 Å². The lowest BCUT2D eigenvalue weighted by atomic mass is 10.1. The smallest absolute Gasteiger partial charge is 0.226 e. The van der Waals surface area contributed by atoms with E-state index in [4.69, 9.17) is 9.97 Å². The maximum atomic E-state index is 10.4. The largest absolute Gasteiger partial charge is 0.376 e. The quantitative estimate of drug-likeness (QED) is 0.494. The Bertz CT molecular complexity index is 1110. The number of rotatable bonds is 3. The fourth-order valence-electron chi connectivity index (χ4n) is 3.53. The lowest BCUT2D eigenvalue weighted by Crippen LogP contribution is -2.43. The lowest BCUT2D eigenvalue weighted by Gasteiger charge is -2.23. The highest BCUT2D eigenvalue weighted by atomic mass is 16.3. The van der Waals surface area contributed by atoms with Crippen molar-refractivity contribution in [3.8, 4) is 11.5 Å². The molecule has 0 bridgehead atoms. The molecule has 4 heterocycles. The summed E-state index contributed by atoms with van der Waals surface area (Å²) in [6, 6.07) is 11.3. The average Bonchev–Trinajstić information content (AvgIpc) is 3.09. The predicted octanol–water partition coefficient (Wildman–Crippen LogP) is 1.61. The van der Waals surface area contributed by atoms with E-state index in [2.05, 4.69) is 25.9 Å². The van der Waals surface area contributed by atoms with Gasteiger partial charge in [-0.25, -0.2) is 9.97 Å². The lowest BCUT2D eigenvalue weighted by molar-refractivity contribution is 0.121. The van der Waals surface area contributed by atoms with Crippen LogP contribution in [0.25, 0.3) is 28.1 Å². The Kier molecular flexibility index (Phi) is 4.30. The van der Waals surface area contributed by atoms with Gasteiger partial charge in [-0.1, -0.05) is 12.1 Å². The maximum absolute atomic E-state index is 10.4. The van der Waals surface area contributed by atoms with E-state index < -0.39 is 6.23 Å². The van der Waals surface area contributed by atoms with Gasteiger partial charge in [0.15, 0.2) is 5.65 Å². The van der Waals surface area contributed by atoms with E-state index in [1.54, 1.807) is 16.8 Å². The molecule has 1 fully saturated rings. The Morgan fingerprint density at radius 3 is 2.93 bits per heavy atom. The number of para-hydroxylation sites is 1. The zero-order chi connectivity index (χ0) is 18.9. The molecule has 3 aromatic heterocycles. The number of aromatic nitrogens is 6. The van der Waals surface area contributed by atoms with Crippen LogP contribution in [-0.4, -0.2) is 53.7 Å². The van der Waals surface area contributed by atoms with Crippen molar-refractivity contribution in [3.05, 3.63) is 42.6 Å². The van der Waals surface area contributed by atoms with E-state index in [9.17, 15) is 5.11 Å². The second-order valence-electron chi connectivity index (χ2n) is 6.88. The van der Waals surface area contributed by atoms with Crippen molar-refractivity contribution in [2.45, 2.75) is 31.5 Å². The zero-order valence-corrected chi connectivity index (χ0v) is 15.2. The summed E-state index contributed by atoms with van der Waals surface area (Å²) in [5, 5.41) is 30.5. The molecule has 1 aliphatic heterocycles. The van der Waals surface area contributed by atoms with Gasteiger partial charge in [-0.05, 0) is 50.1 Å². The van der Waals surface area contributed by atoms with Gasteiger partial charge in [-0.3, -0.25) is 5.32 Å². The first-order chi connectivity index (χ1) is 13.8. The Morgan fingerprint density at radius 1 is 1.11 bits per heavy atom. The number of fused-ring (bicyclic) bond motifs is 3. The SMILES string of the molecule is OC1NCCCC[C@H]1Nc1nc2ccccc2c2nc(-c3cccnn3)nn12. The van der Waals surface area contributed by atoms with Crippen molar-refractivity contribution in [2.75, 3.05) is 11.9 Å². The van der Waals surface area contributed by atoms with Gasteiger partial charge in [0, 0.05) is 11.6 Å². The molecular formula is C19H20N8O. The minimum absolute atomic E-state index is 0.163. The molecule has 142 valence electrons. The molecule has 2 atom stereocenters. The number of benzene rings is 1. The highest BCUT2D eigenvalue weighted by Gasteiger charge is 2.23. The van der Waals surface area contributed by atoms with Crippen LogP contribution in [0.1, 0.15) is 19.3 Å². The third-order valence-electron chi connectivity index (χ3n) is 4.97. The fraction of sp³-hybridized carbons (Fsp3) is 0.316. The van der Waals surface area contributed by atoms with Gasteiger partial charge in [0.25, 0.3) is 0 Å². The summed E-state index contributed by atoms with van der Waals surface area (Å²) in [6.07, 6.45) is 3.88. The molecule has 1 aliphatic rings. The summed E-state index contributed by atoms with van der Waals surface area (Å²) < 4.78 is 1.68. The molecule has 0 aliphatic carbocycles. The maximum Gasteiger partial charge on any atom is 0.226 e. The fourth-order valence-corrected chi connectivity index (χ4v) is 3.53. The second kappa shape index (κ2) is 7.10. The van der Waals surface area contributed by atoms with Gasteiger partial charge in [0.05, 0.1) is 11.6 Å². The molecular weight excluding hydrogens is 356 g/mol. The van der Waals surface area contributed by atoms with Crippen LogP contribution in [0, 0.1) is 0 Å². The monoisotopic (exact) mass is 376 g/mol. The van der Waals surface area contributed by atoms with Gasteiger partial charge in [-0.15, -0.1) is 10.2 Å². The van der Waals surface area contributed by atoms with Crippen molar-refractivity contribution >= 4 is 22.5 Å². The number of aliphatic hydroxyl groups excluding tert-OH is 1. The molecule has 5 rings (SSSR count). The summed E-state index contributed by atoms with van der Waals surface area (Å²) in [4.78, 5) is 9.44. The van der Waals surface area contributed by atoms with E-state index in [0.29, 0.717) is 23.1 Å². The average molecular weight is 376 g/mol. The highest BCUT2D eigenvalue weighted by Crippen LogP contribution is 2.24. The van der Waals surface area contributed by atoms with Crippen LogP contribution >= 0.6 is 0 Å². The van der Waals surface area contributed by atoms with Gasteiger partial charge >= 0.3 is 0 Å². The second-order valence-corrected chi connectivity index (χ2v) is 6.88. The van der Waals surface area contributed by atoms with Crippen molar-refractivity contribution in [1.82, 2.24) is 35.1 Å². The van der Waals surface area contributed by atoms with Gasteiger partial charge < -0.3 is 10.4 Å². The predicted molar refractivity (Wildman–Crippen MR) is 105 cm³/mol. The van der Waals surface area contributed by atoms with Gasteiger partial charge in [0.2, 0.25) is 11.8 Å². The highest BCUT2D eigenvalue weighted by molar-refractivity contribution is 5.92. The summed E-state index contributed by atoms with van der Waals surface area (Å²) in [6.45, 7) is 0.806. The summed E-state index contributed by atoms with van der Waals surface area (Å²) >= 11 is 0. The van der Waals surface area contributed by atoms with Crippen LogP contribution in [0.2, 0.25) is 0 Å². The molecule has 4 aromatic rings. The Morgan fingerprint density at radius 2 is 2.04 bits per heavy atom. The van der Waals surface area contributed by atoms with Crippen LogP contribution in [0.15, 0.2) is 42.6 Å². The molecule has 0 spiro atoms. The first-order valence-electron chi connectivity index (χ1n) is 9.41. The van der Waals surface area contributed by atoms with Crippen LogP contribution in [0.3, 0.4) is 0 Å². The number of aliphatic hydroxyl groups is 1. The molecule has 0 radical (unpaired) electrons. The summed E-state index contributed by atoms with van der Waals surface area (Å²) in [7, 11) is 0. The van der Waals surface area contributed by atoms with Gasteiger partial charge in [-0.2, -0.15) is 9.61 Å². The third-order valence-corrected chi connectivity index (χ3v) is 4.97. The Hall–Kier alpha value is -3.17. The number of anilines is 1. The Balaban J connectivity index is 1.65. The molecule has 1 saturated heterocycles. The third kappa shape index (κ3) is 3.04. The van der Waals surface area contributed by atoms with E-state index in [-0.39, 0.29) is 6.04 Å². The van der Waals surface area contributed by atoms with E-state index in [1.165, 1.54) is 0 Å². The Labute approximate surface area is 160 Å². The normalized spacial score (nSPS) is 20.3. The van der Waals surface area contributed by atoms with Crippen molar-refractivity contribution in [2.24, 2.45) is 0 Å². The molecule has 0 saturated carbocycles. The van der Waals surface area contributed by atoms with E-state index in [1.807, 2.05) is 30.3 Å². The number of hydrogen-bond acceptors (Lipinski definition) is 8. The van der Waals surface area contributed by atoms with E-state index >= 15 is 0 Å². The molecule has 9 nitrogen and oxygen atoms in total. The molecule has 1 aromatic carbocycles. The zero-order valence-electron chi connectivity index (χ0n) is 15.2. The van der Waals surface area contributed by atoms with Crippen molar-refractivity contribution < 1.29 is 5.11 Å². The first-order valence-corrected chi connectivity index (χ1v) is 9.41. The van der Waals surface area contributed by atoms with Crippen LogP contribution in [0.5, 0.6) is 0 Å². The van der Waals surface area contributed by atoms with Crippen LogP contribution in [0.4, 0.5) is 5.95 Å². The van der Waals surface area contributed by atoms with Crippen LogP contribution < -0.4 is 10.6 Å². The molecule has 9 heteroatoms. The van der Waals surface area contributed by atoms with Gasteiger partial charge in [0.1, 0.15) is 11.9 Å². The number of nitrogens with zero attached hydrogens (tertiary/aromatic N) is 6. The molecule has 28 heavy (non-hydrogen) atoms. The molecule has 1 unspecified atom stereocenters. The van der Waals surface area contributed by atoms with Crippen LogP contribution in [-0.2, 0) is 0 Å². The first kappa shape index (κ1) is 17.0. The number of hydrogen-bond donors (Lipinski definition) is 3. The minimum atomic E-state index is -0.645. The number of nitrogens with one attached hydrogen (secondary N) is 2. The standard InChI is InChI=1S/C19H20N8O/c28-18-15(8-3-4-10-20-18)23-19-22-13-7-2-1-6-12(13)17-24-16(26-27(17)19)14-9-5-11-21-25-14/h1-2,5-7,9,11,15,18,20,28H,3-4,8,10H2,(H,22,23)/t15-,18?/m1/s1. The molecule has 3 N–H and O–H groups in total. The van der Waals surface area contributed by atoms with Crippen molar-refractivity contribution in [1.29, 1.82) is 0 Å². The summed E-state index contributed by atoms with van der Waals surface area (Å²) in [5.41, 5.74) is 2.09.